The highest BCUT2D eigenvalue weighted by Crippen LogP contribution is 2.32. The molecule has 4 heterocycles. The van der Waals surface area contributed by atoms with E-state index >= 15 is 0 Å². The fourth-order valence-electron chi connectivity index (χ4n) is 5.26. The van der Waals surface area contributed by atoms with Crippen LogP contribution >= 0.6 is 0 Å². The van der Waals surface area contributed by atoms with Crippen molar-refractivity contribution in [2.24, 2.45) is 5.92 Å². The molecule has 0 radical (unpaired) electrons. The van der Waals surface area contributed by atoms with Crippen LogP contribution in [0.3, 0.4) is 0 Å². The van der Waals surface area contributed by atoms with Gasteiger partial charge >= 0.3 is 0 Å². The Bertz CT molecular complexity index is 859. The molecule has 4 rings (SSSR count). The van der Waals surface area contributed by atoms with Crippen molar-refractivity contribution in [2.45, 2.75) is 71.3 Å². The summed E-state index contributed by atoms with van der Waals surface area (Å²) in [5.74, 6) is 0.851. The van der Waals surface area contributed by atoms with Crippen LogP contribution in [0.5, 0.6) is 0 Å². The van der Waals surface area contributed by atoms with Crippen molar-refractivity contribution in [1.82, 2.24) is 24.7 Å². The lowest BCUT2D eigenvalue weighted by Crippen LogP contribution is -2.46. The highest BCUT2D eigenvalue weighted by Gasteiger charge is 2.36. The molecule has 0 bridgehead atoms. The quantitative estimate of drug-likeness (QED) is 0.720. The van der Waals surface area contributed by atoms with Crippen molar-refractivity contribution in [2.75, 3.05) is 32.7 Å². The topological polar surface area (TPSA) is 86.7 Å². The van der Waals surface area contributed by atoms with Gasteiger partial charge in [0.2, 0.25) is 11.8 Å². The van der Waals surface area contributed by atoms with E-state index < -0.39 is 0 Å². The summed E-state index contributed by atoms with van der Waals surface area (Å²) in [6.07, 6.45) is 9.23. The average molecular weight is 442 g/mol. The zero-order valence-electron chi connectivity index (χ0n) is 19.4. The van der Waals surface area contributed by atoms with E-state index in [0.29, 0.717) is 49.6 Å². The summed E-state index contributed by atoms with van der Waals surface area (Å²) in [5, 5.41) is 0. The molecule has 3 aliphatic heterocycles. The molecular formula is C24H35N5O3. The standard InChI is InChI=1S/C24H35N5O3/c1-17-20(24(32)28-11-5-3-6-12-28)16-25-22(26-17)21-8-4-7-13-29(21)23(31)19-9-14-27(15-10-19)18(2)30/h16,19,21H,3-15H2,1-2H3. The van der Waals surface area contributed by atoms with Gasteiger partial charge in [0.15, 0.2) is 5.82 Å². The van der Waals surface area contributed by atoms with Crippen LogP contribution in [0.1, 0.15) is 86.2 Å². The number of hydrogen-bond donors (Lipinski definition) is 0. The van der Waals surface area contributed by atoms with Crippen LogP contribution in [-0.4, -0.2) is 75.1 Å². The van der Waals surface area contributed by atoms with Crippen LogP contribution in [0.2, 0.25) is 0 Å². The number of likely N-dealkylation sites (tertiary alicyclic amines) is 3. The molecule has 3 amide bonds. The predicted molar refractivity (Wildman–Crippen MR) is 120 cm³/mol. The summed E-state index contributed by atoms with van der Waals surface area (Å²) in [6.45, 7) is 7.06. The first-order chi connectivity index (χ1) is 15.5. The molecule has 0 aromatic carbocycles. The summed E-state index contributed by atoms with van der Waals surface area (Å²) in [4.78, 5) is 52.9. The third-order valence-corrected chi connectivity index (χ3v) is 7.25. The lowest BCUT2D eigenvalue weighted by atomic mass is 9.92. The van der Waals surface area contributed by atoms with Crippen molar-refractivity contribution in [3.8, 4) is 0 Å². The van der Waals surface area contributed by atoms with Crippen molar-refractivity contribution in [1.29, 1.82) is 0 Å². The fraction of sp³-hybridized carbons (Fsp3) is 0.708. The van der Waals surface area contributed by atoms with E-state index in [-0.39, 0.29) is 29.7 Å². The lowest BCUT2D eigenvalue weighted by molar-refractivity contribution is -0.143. The van der Waals surface area contributed by atoms with Crippen LogP contribution in [0.25, 0.3) is 0 Å². The number of carbonyl (C=O) groups is 3. The lowest BCUT2D eigenvalue weighted by Gasteiger charge is -2.39. The Kier molecular flexibility index (Phi) is 7.06. The monoisotopic (exact) mass is 441 g/mol. The Hall–Kier alpha value is -2.51. The summed E-state index contributed by atoms with van der Waals surface area (Å²) < 4.78 is 0. The normalized spacial score (nSPS) is 22.7. The van der Waals surface area contributed by atoms with Crippen LogP contribution in [0.15, 0.2) is 6.20 Å². The van der Waals surface area contributed by atoms with Gasteiger partial charge in [0.25, 0.3) is 5.91 Å². The van der Waals surface area contributed by atoms with E-state index in [9.17, 15) is 14.4 Å². The molecule has 1 aromatic heterocycles. The maximum Gasteiger partial charge on any atom is 0.257 e. The second-order valence-electron chi connectivity index (χ2n) is 9.40. The third-order valence-electron chi connectivity index (χ3n) is 7.25. The Morgan fingerprint density at radius 3 is 2.22 bits per heavy atom. The van der Waals surface area contributed by atoms with Gasteiger partial charge in [0.05, 0.1) is 17.3 Å². The first kappa shape index (κ1) is 22.7. The highest BCUT2D eigenvalue weighted by molar-refractivity contribution is 5.95. The summed E-state index contributed by atoms with van der Waals surface area (Å²) in [5.41, 5.74) is 1.26. The predicted octanol–water partition coefficient (Wildman–Crippen LogP) is 2.72. The molecule has 174 valence electrons. The molecule has 1 unspecified atom stereocenters. The van der Waals surface area contributed by atoms with Crippen LogP contribution in [0, 0.1) is 12.8 Å². The number of rotatable bonds is 3. The smallest absolute Gasteiger partial charge is 0.257 e. The minimum absolute atomic E-state index is 0.0163. The van der Waals surface area contributed by atoms with Crippen molar-refractivity contribution in [3.63, 3.8) is 0 Å². The van der Waals surface area contributed by atoms with Crippen molar-refractivity contribution in [3.05, 3.63) is 23.3 Å². The molecule has 3 aliphatic rings. The van der Waals surface area contributed by atoms with Gasteiger partial charge in [0, 0.05) is 51.8 Å². The molecule has 0 spiro atoms. The minimum Gasteiger partial charge on any atom is -0.343 e. The van der Waals surface area contributed by atoms with Crippen LogP contribution in [-0.2, 0) is 9.59 Å². The number of amides is 3. The number of piperidine rings is 3. The van der Waals surface area contributed by atoms with E-state index in [1.165, 1.54) is 6.42 Å². The molecule has 0 saturated carbocycles. The molecular weight excluding hydrogens is 406 g/mol. The van der Waals surface area contributed by atoms with Gasteiger partial charge < -0.3 is 14.7 Å². The first-order valence-electron chi connectivity index (χ1n) is 12.1. The van der Waals surface area contributed by atoms with Gasteiger partial charge in [0.1, 0.15) is 0 Å². The van der Waals surface area contributed by atoms with E-state index in [1.54, 1.807) is 13.1 Å². The summed E-state index contributed by atoms with van der Waals surface area (Å²) in [7, 11) is 0. The molecule has 8 nitrogen and oxygen atoms in total. The maximum absolute atomic E-state index is 13.4. The first-order valence-corrected chi connectivity index (χ1v) is 12.1. The number of hydrogen-bond acceptors (Lipinski definition) is 5. The Balaban J connectivity index is 1.47. The number of carbonyl (C=O) groups excluding carboxylic acids is 3. The van der Waals surface area contributed by atoms with Gasteiger partial charge in [-0.05, 0) is 58.3 Å². The Morgan fingerprint density at radius 1 is 0.875 bits per heavy atom. The zero-order chi connectivity index (χ0) is 22.7. The minimum atomic E-state index is -0.139. The van der Waals surface area contributed by atoms with Crippen molar-refractivity contribution < 1.29 is 14.4 Å². The van der Waals surface area contributed by atoms with Crippen molar-refractivity contribution >= 4 is 17.7 Å². The zero-order valence-corrected chi connectivity index (χ0v) is 19.4. The average Bonchev–Trinajstić information content (AvgIpc) is 2.83. The van der Waals surface area contributed by atoms with E-state index in [0.717, 1.165) is 45.2 Å². The van der Waals surface area contributed by atoms with Gasteiger partial charge in [-0.1, -0.05) is 0 Å². The number of aryl methyl sites for hydroxylation is 1. The van der Waals surface area contributed by atoms with Crippen LogP contribution < -0.4 is 0 Å². The molecule has 3 fully saturated rings. The molecule has 1 aromatic rings. The highest BCUT2D eigenvalue weighted by atomic mass is 16.2. The van der Waals surface area contributed by atoms with Crippen LogP contribution in [0.4, 0.5) is 0 Å². The molecule has 0 aliphatic carbocycles. The molecule has 3 saturated heterocycles. The summed E-state index contributed by atoms with van der Waals surface area (Å²) >= 11 is 0. The number of nitrogens with zero attached hydrogens (tertiary/aromatic N) is 5. The third kappa shape index (κ3) is 4.79. The molecule has 0 N–H and O–H groups in total. The summed E-state index contributed by atoms with van der Waals surface area (Å²) in [6, 6.07) is -0.139. The van der Waals surface area contributed by atoms with Gasteiger partial charge in [-0.3, -0.25) is 14.4 Å². The maximum atomic E-state index is 13.4. The Labute approximate surface area is 190 Å². The van der Waals surface area contributed by atoms with E-state index in [4.69, 9.17) is 4.98 Å². The Morgan fingerprint density at radius 2 is 1.56 bits per heavy atom. The van der Waals surface area contributed by atoms with Gasteiger partial charge in [-0.25, -0.2) is 9.97 Å². The van der Waals surface area contributed by atoms with E-state index in [1.807, 2.05) is 21.6 Å². The molecule has 32 heavy (non-hydrogen) atoms. The largest absolute Gasteiger partial charge is 0.343 e. The van der Waals surface area contributed by atoms with Gasteiger partial charge in [-0.2, -0.15) is 0 Å². The molecule has 1 atom stereocenters. The van der Waals surface area contributed by atoms with Gasteiger partial charge in [-0.15, -0.1) is 0 Å². The second kappa shape index (κ2) is 9.96. The second-order valence-corrected chi connectivity index (χ2v) is 9.40. The fourth-order valence-corrected chi connectivity index (χ4v) is 5.26. The SMILES string of the molecule is CC(=O)N1CCC(C(=O)N2CCCCC2c2ncc(C(=O)N3CCCCC3)c(C)n2)CC1. The molecule has 8 heteroatoms. The number of aromatic nitrogens is 2. The van der Waals surface area contributed by atoms with E-state index in [2.05, 4.69) is 4.98 Å².